The Labute approximate surface area is 123 Å². The van der Waals surface area contributed by atoms with Gasteiger partial charge < -0.3 is 0 Å². The van der Waals surface area contributed by atoms with E-state index in [0.29, 0.717) is 0 Å². The molecule has 0 aliphatic carbocycles. The Morgan fingerprint density at radius 1 is 1.39 bits per heavy atom. The predicted octanol–water partition coefficient (Wildman–Crippen LogP) is 4.39. The fourth-order valence-electron chi connectivity index (χ4n) is 1.32. The van der Waals surface area contributed by atoms with Gasteiger partial charge in [0.15, 0.2) is 0 Å². The number of hydrogen-bond acceptors (Lipinski definition) is 4. The van der Waals surface area contributed by atoms with Crippen LogP contribution in [0.5, 0.6) is 0 Å². The zero-order valence-corrected chi connectivity index (χ0v) is 13.4. The first kappa shape index (κ1) is 15.7. The molecule has 0 heterocycles. The van der Waals surface area contributed by atoms with Gasteiger partial charge in [0.25, 0.3) is 0 Å². The summed E-state index contributed by atoms with van der Waals surface area (Å²) in [7, 11) is 0. The summed E-state index contributed by atoms with van der Waals surface area (Å²) in [6.07, 6.45) is 3.98. The van der Waals surface area contributed by atoms with Gasteiger partial charge in [-0.2, -0.15) is 12.6 Å². The van der Waals surface area contributed by atoms with Gasteiger partial charge in [-0.15, -0.1) is 11.8 Å². The second kappa shape index (κ2) is 7.97. The molecule has 0 bridgehead atoms. The fourth-order valence-corrected chi connectivity index (χ4v) is 2.63. The molecule has 0 saturated carbocycles. The highest BCUT2D eigenvalue weighted by Crippen LogP contribution is 2.19. The van der Waals surface area contributed by atoms with E-state index in [9.17, 15) is 4.79 Å². The molecule has 0 N–H and O–H groups in total. The second-order valence-corrected chi connectivity index (χ2v) is 6.80. The molecule has 1 atom stereocenters. The monoisotopic (exact) mass is 298 g/mol. The van der Waals surface area contributed by atoms with Crippen LogP contribution >= 0.6 is 36.2 Å². The maximum Gasteiger partial charge on any atom is 0.215 e. The molecule has 1 aromatic rings. The fraction of sp³-hybridized carbons (Fsp3) is 0.357. The summed E-state index contributed by atoms with van der Waals surface area (Å²) in [4.78, 5) is 13.1. The summed E-state index contributed by atoms with van der Waals surface area (Å²) in [5, 5.41) is 0.373. The van der Waals surface area contributed by atoms with E-state index >= 15 is 0 Å². The van der Waals surface area contributed by atoms with Gasteiger partial charge in [-0.1, -0.05) is 30.8 Å². The minimum atomic E-state index is 0.129. The Morgan fingerprint density at radius 2 is 2.00 bits per heavy atom. The van der Waals surface area contributed by atoms with E-state index in [1.807, 2.05) is 32.1 Å². The smallest absolute Gasteiger partial charge is 0.215 e. The van der Waals surface area contributed by atoms with E-state index in [1.165, 1.54) is 16.7 Å². The quantitative estimate of drug-likeness (QED) is 0.493. The van der Waals surface area contributed by atoms with Crippen LogP contribution in [-0.4, -0.2) is 22.4 Å². The van der Waals surface area contributed by atoms with Crippen molar-refractivity contribution in [2.45, 2.75) is 24.0 Å². The van der Waals surface area contributed by atoms with Gasteiger partial charge in [-0.05, 0) is 37.0 Å². The highest BCUT2D eigenvalue weighted by molar-refractivity contribution is 8.14. The van der Waals surface area contributed by atoms with Crippen molar-refractivity contribution in [3.8, 4) is 0 Å². The Balaban J connectivity index is 2.66. The van der Waals surface area contributed by atoms with Crippen molar-refractivity contribution in [1.82, 2.24) is 0 Å². The lowest BCUT2D eigenvalue weighted by atomic mass is 10.1. The molecule has 18 heavy (non-hydrogen) atoms. The molecule has 0 radical (unpaired) electrons. The summed E-state index contributed by atoms with van der Waals surface area (Å²) in [6.45, 7) is 3.85. The van der Waals surface area contributed by atoms with Crippen molar-refractivity contribution in [2.24, 2.45) is 0 Å². The summed E-state index contributed by atoms with van der Waals surface area (Å²) in [5.41, 5.74) is 1.85. The van der Waals surface area contributed by atoms with Crippen molar-refractivity contribution in [3.63, 3.8) is 0 Å². The molecule has 1 nitrogen and oxygen atoms in total. The third kappa shape index (κ3) is 5.55. The minimum absolute atomic E-state index is 0.129. The Morgan fingerprint density at radius 3 is 2.50 bits per heavy atom. The van der Waals surface area contributed by atoms with Gasteiger partial charge >= 0.3 is 0 Å². The van der Waals surface area contributed by atoms with E-state index < -0.39 is 0 Å². The molecule has 98 valence electrons. The molecule has 0 amide bonds. The summed E-state index contributed by atoms with van der Waals surface area (Å²) < 4.78 is 0. The van der Waals surface area contributed by atoms with Gasteiger partial charge in [0.2, 0.25) is 5.12 Å². The van der Waals surface area contributed by atoms with Crippen molar-refractivity contribution in [2.75, 3.05) is 12.0 Å². The number of carbonyl (C=O) groups excluding carboxylic acids is 1. The van der Waals surface area contributed by atoms with E-state index in [4.69, 9.17) is 0 Å². The first-order valence-corrected chi connectivity index (χ1v) is 8.43. The third-order valence-electron chi connectivity index (χ3n) is 2.28. The van der Waals surface area contributed by atoms with E-state index in [-0.39, 0.29) is 10.4 Å². The van der Waals surface area contributed by atoms with Crippen LogP contribution in [0.1, 0.15) is 19.4 Å². The van der Waals surface area contributed by atoms with E-state index in [1.54, 1.807) is 11.8 Å². The first-order chi connectivity index (χ1) is 8.52. The maximum atomic E-state index is 11.8. The number of benzene rings is 1. The van der Waals surface area contributed by atoms with Crippen LogP contribution in [0.3, 0.4) is 0 Å². The zero-order valence-electron chi connectivity index (χ0n) is 10.8. The largest absolute Gasteiger partial charge is 0.282 e. The zero-order chi connectivity index (χ0) is 13.5. The predicted molar refractivity (Wildman–Crippen MR) is 87.8 cm³/mol. The van der Waals surface area contributed by atoms with Crippen molar-refractivity contribution in [1.29, 1.82) is 0 Å². The molecule has 1 unspecified atom stereocenters. The Bertz CT molecular complexity index is 421. The van der Waals surface area contributed by atoms with Crippen molar-refractivity contribution >= 4 is 47.3 Å². The lowest BCUT2D eigenvalue weighted by molar-refractivity contribution is -0.107. The van der Waals surface area contributed by atoms with Crippen molar-refractivity contribution in [3.05, 3.63) is 35.4 Å². The molecule has 0 aromatic heterocycles. The molecule has 4 heteroatoms. The third-order valence-corrected chi connectivity index (χ3v) is 4.70. The minimum Gasteiger partial charge on any atom is -0.282 e. The van der Waals surface area contributed by atoms with Crippen LogP contribution in [0.15, 0.2) is 34.7 Å². The normalized spacial score (nSPS) is 13.4. The molecule has 1 aromatic carbocycles. The summed E-state index contributed by atoms with van der Waals surface area (Å²) >= 11 is 7.31. The molecule has 0 aliphatic heterocycles. The first-order valence-electron chi connectivity index (χ1n) is 5.70. The van der Waals surface area contributed by atoms with Crippen LogP contribution in [-0.2, 0) is 4.79 Å². The maximum absolute atomic E-state index is 11.8. The van der Waals surface area contributed by atoms with Crippen LogP contribution in [0.2, 0.25) is 0 Å². The molecule has 0 fully saturated rings. The lowest BCUT2D eigenvalue weighted by Crippen LogP contribution is -2.01. The molecular weight excluding hydrogens is 280 g/mol. The Hall–Kier alpha value is -0.320. The van der Waals surface area contributed by atoms with Crippen LogP contribution in [0.25, 0.3) is 6.08 Å². The topological polar surface area (TPSA) is 17.1 Å². The van der Waals surface area contributed by atoms with Crippen molar-refractivity contribution < 1.29 is 4.79 Å². The summed E-state index contributed by atoms with van der Waals surface area (Å²) in [5.74, 6) is 0.749. The van der Waals surface area contributed by atoms with Crippen LogP contribution in [0, 0.1) is 0 Å². The second-order valence-electron chi connectivity index (χ2n) is 4.05. The number of hydrogen-bond donors (Lipinski definition) is 1. The number of carbonyl (C=O) groups is 1. The van der Waals surface area contributed by atoms with Crippen LogP contribution < -0.4 is 0 Å². The van der Waals surface area contributed by atoms with Gasteiger partial charge in [0, 0.05) is 21.5 Å². The van der Waals surface area contributed by atoms with Crippen LogP contribution in [0.4, 0.5) is 0 Å². The SMILES string of the molecule is CSc1ccc(/C=C(\C)C(=O)SCC(C)S)cc1. The average Bonchev–Trinajstić information content (AvgIpc) is 2.36. The molecule has 0 saturated heterocycles. The Kier molecular flexibility index (Phi) is 6.97. The highest BCUT2D eigenvalue weighted by Gasteiger charge is 2.07. The molecule has 0 spiro atoms. The average molecular weight is 298 g/mol. The van der Waals surface area contributed by atoms with Gasteiger partial charge in [-0.3, -0.25) is 4.79 Å². The highest BCUT2D eigenvalue weighted by atomic mass is 32.2. The van der Waals surface area contributed by atoms with Gasteiger partial charge in [0.05, 0.1) is 0 Å². The van der Waals surface area contributed by atoms with Gasteiger partial charge in [-0.25, -0.2) is 0 Å². The number of thiol groups is 1. The standard InChI is InChI=1S/C14H18OS3/c1-10(14(15)18-9-11(2)16)8-12-4-6-13(17-3)7-5-12/h4-8,11,16H,9H2,1-3H3/b10-8+. The molecular formula is C14H18OS3. The number of thioether (sulfide) groups is 2. The van der Waals surface area contributed by atoms with E-state index in [0.717, 1.165) is 16.9 Å². The lowest BCUT2D eigenvalue weighted by Gasteiger charge is -2.04. The van der Waals surface area contributed by atoms with Gasteiger partial charge in [0.1, 0.15) is 0 Å². The number of rotatable bonds is 5. The van der Waals surface area contributed by atoms with E-state index in [2.05, 4.69) is 31.0 Å². The molecule has 0 aliphatic rings. The molecule has 1 rings (SSSR count). The summed E-state index contributed by atoms with van der Waals surface area (Å²) in [6, 6.07) is 8.21.